The quantitative estimate of drug-likeness (QED) is 0.382. The van der Waals surface area contributed by atoms with E-state index in [2.05, 4.69) is 55.4 Å². The van der Waals surface area contributed by atoms with Crippen molar-refractivity contribution in [3.63, 3.8) is 0 Å². The molecule has 0 radical (unpaired) electrons. The molecule has 1 fully saturated rings. The molecule has 5 heteroatoms. The summed E-state index contributed by atoms with van der Waals surface area (Å²) in [6.07, 6.45) is 4.62. The van der Waals surface area contributed by atoms with Gasteiger partial charge in [-0.3, -0.25) is 4.99 Å². The number of ether oxygens (including phenoxy) is 1. The Balaban J connectivity index is 0.00000312. The van der Waals surface area contributed by atoms with Crippen LogP contribution in [-0.4, -0.2) is 50.8 Å². The fourth-order valence-corrected chi connectivity index (χ4v) is 3.15. The zero-order valence-corrected chi connectivity index (χ0v) is 18.3. The molecule has 0 saturated carbocycles. The number of benzene rings is 1. The van der Waals surface area contributed by atoms with Gasteiger partial charge in [0.2, 0.25) is 0 Å². The number of hydrogen-bond donors (Lipinski definition) is 1. The summed E-state index contributed by atoms with van der Waals surface area (Å²) < 4.78 is 5.45. The monoisotopic (exact) mass is 459 g/mol. The summed E-state index contributed by atoms with van der Waals surface area (Å²) in [6, 6.07) is 8.70. The van der Waals surface area contributed by atoms with Gasteiger partial charge in [0, 0.05) is 39.9 Å². The van der Waals surface area contributed by atoms with E-state index in [9.17, 15) is 0 Å². The van der Waals surface area contributed by atoms with Crippen LogP contribution in [0, 0.1) is 12.8 Å². The first kappa shape index (κ1) is 22.2. The van der Waals surface area contributed by atoms with Crippen LogP contribution in [0.3, 0.4) is 0 Å². The van der Waals surface area contributed by atoms with E-state index >= 15 is 0 Å². The van der Waals surface area contributed by atoms with Crippen molar-refractivity contribution in [3.8, 4) is 0 Å². The van der Waals surface area contributed by atoms with Crippen LogP contribution < -0.4 is 5.32 Å². The number of hydrogen-bond acceptors (Lipinski definition) is 2. The molecule has 2 rings (SSSR count). The largest absolute Gasteiger partial charge is 0.381 e. The number of aryl methyl sites for hydroxylation is 1. The number of nitrogens with one attached hydrogen (secondary N) is 1. The van der Waals surface area contributed by atoms with Crippen molar-refractivity contribution < 1.29 is 4.74 Å². The van der Waals surface area contributed by atoms with Gasteiger partial charge >= 0.3 is 0 Å². The van der Waals surface area contributed by atoms with Gasteiger partial charge in [0.1, 0.15) is 0 Å². The van der Waals surface area contributed by atoms with Crippen molar-refractivity contribution in [1.82, 2.24) is 10.2 Å². The van der Waals surface area contributed by atoms with Gasteiger partial charge < -0.3 is 15.0 Å². The van der Waals surface area contributed by atoms with Crippen LogP contribution in [0.5, 0.6) is 0 Å². The molecule has 25 heavy (non-hydrogen) atoms. The van der Waals surface area contributed by atoms with Gasteiger partial charge in [-0.1, -0.05) is 29.8 Å². The zero-order valence-electron chi connectivity index (χ0n) is 16.0. The first-order valence-electron chi connectivity index (χ1n) is 9.31. The first-order chi connectivity index (χ1) is 11.7. The highest BCUT2D eigenvalue weighted by Crippen LogP contribution is 2.18. The number of aliphatic imine (C=N–C) groups is 1. The van der Waals surface area contributed by atoms with Crippen LogP contribution in [-0.2, 0) is 11.2 Å². The maximum atomic E-state index is 5.45. The Bertz CT molecular complexity index is 515. The van der Waals surface area contributed by atoms with E-state index in [1.165, 1.54) is 30.4 Å². The maximum Gasteiger partial charge on any atom is 0.193 e. The second-order valence-electron chi connectivity index (χ2n) is 6.74. The van der Waals surface area contributed by atoms with E-state index in [1.54, 1.807) is 0 Å². The lowest BCUT2D eigenvalue weighted by molar-refractivity contribution is 0.0625. The van der Waals surface area contributed by atoms with E-state index in [0.717, 1.165) is 51.1 Å². The van der Waals surface area contributed by atoms with Crippen LogP contribution in [0.2, 0.25) is 0 Å². The second-order valence-corrected chi connectivity index (χ2v) is 6.74. The first-order valence-corrected chi connectivity index (χ1v) is 9.31. The number of rotatable bonds is 7. The lowest BCUT2D eigenvalue weighted by Gasteiger charge is -2.26. The Hall–Kier alpha value is -0.820. The van der Waals surface area contributed by atoms with Crippen LogP contribution in [0.25, 0.3) is 0 Å². The van der Waals surface area contributed by atoms with Crippen molar-refractivity contribution in [2.45, 2.75) is 39.5 Å². The molecule has 1 N–H and O–H groups in total. The Morgan fingerprint density at radius 2 is 2.08 bits per heavy atom. The molecular formula is C20H34IN3O. The molecule has 4 nitrogen and oxygen atoms in total. The van der Waals surface area contributed by atoms with Crippen molar-refractivity contribution in [2.75, 3.05) is 39.9 Å². The van der Waals surface area contributed by atoms with Crippen LogP contribution in [0.1, 0.15) is 37.3 Å². The van der Waals surface area contributed by atoms with E-state index in [4.69, 9.17) is 9.73 Å². The third-order valence-corrected chi connectivity index (χ3v) is 4.65. The van der Waals surface area contributed by atoms with E-state index in [1.807, 2.05) is 0 Å². The smallest absolute Gasteiger partial charge is 0.193 e. The molecule has 1 saturated heterocycles. The summed E-state index contributed by atoms with van der Waals surface area (Å²) in [6.45, 7) is 8.92. The van der Waals surface area contributed by atoms with Crippen molar-refractivity contribution in [2.24, 2.45) is 10.9 Å². The van der Waals surface area contributed by atoms with Gasteiger partial charge in [-0.25, -0.2) is 0 Å². The average Bonchev–Trinajstić information content (AvgIpc) is 2.60. The second kappa shape index (κ2) is 12.5. The molecule has 0 amide bonds. The van der Waals surface area contributed by atoms with Crippen LogP contribution >= 0.6 is 24.0 Å². The highest BCUT2D eigenvalue weighted by Gasteiger charge is 2.15. The number of nitrogens with zero attached hydrogens (tertiary/aromatic N) is 2. The molecule has 0 spiro atoms. The van der Waals surface area contributed by atoms with Crippen molar-refractivity contribution >= 4 is 29.9 Å². The van der Waals surface area contributed by atoms with Gasteiger partial charge in [-0.15, -0.1) is 24.0 Å². The minimum absolute atomic E-state index is 0. The average molecular weight is 459 g/mol. The topological polar surface area (TPSA) is 36.9 Å². The van der Waals surface area contributed by atoms with Crippen LogP contribution in [0.15, 0.2) is 29.3 Å². The molecule has 0 aromatic heterocycles. The Morgan fingerprint density at radius 3 is 2.76 bits per heavy atom. The molecule has 0 atom stereocenters. The minimum Gasteiger partial charge on any atom is -0.381 e. The minimum atomic E-state index is 0. The molecule has 0 unspecified atom stereocenters. The van der Waals surface area contributed by atoms with Gasteiger partial charge in [0.25, 0.3) is 0 Å². The molecule has 1 aliphatic heterocycles. The van der Waals surface area contributed by atoms with Gasteiger partial charge in [-0.2, -0.15) is 0 Å². The highest BCUT2D eigenvalue weighted by molar-refractivity contribution is 14.0. The molecule has 142 valence electrons. The third kappa shape index (κ3) is 8.40. The molecule has 1 aromatic rings. The number of halogens is 1. The van der Waals surface area contributed by atoms with Crippen molar-refractivity contribution in [1.29, 1.82) is 0 Å². The maximum absolute atomic E-state index is 5.45. The molecule has 0 aliphatic carbocycles. The summed E-state index contributed by atoms with van der Waals surface area (Å²) in [5.41, 5.74) is 2.68. The number of guanidine groups is 1. The fourth-order valence-electron chi connectivity index (χ4n) is 3.15. The molecule has 0 bridgehead atoms. The summed E-state index contributed by atoms with van der Waals surface area (Å²) in [5.74, 6) is 1.83. The molecular weight excluding hydrogens is 425 g/mol. The lowest BCUT2D eigenvalue weighted by Crippen LogP contribution is -2.40. The Labute approximate surface area is 170 Å². The SMILES string of the molecule is CCNC(=NCCc1cccc(C)c1)N(C)CCC1CCOCC1.I. The standard InChI is InChI=1S/C20H33N3O.HI/c1-4-21-20(22-12-8-19-7-5-6-17(2)16-19)23(3)13-9-18-10-14-24-15-11-18;/h5-7,16,18H,4,8-15H2,1-3H3,(H,21,22);1H. The van der Waals surface area contributed by atoms with Crippen molar-refractivity contribution in [3.05, 3.63) is 35.4 Å². The zero-order chi connectivity index (χ0) is 17.2. The molecule has 1 heterocycles. The molecule has 1 aromatic carbocycles. The summed E-state index contributed by atoms with van der Waals surface area (Å²) in [5, 5.41) is 3.42. The van der Waals surface area contributed by atoms with Gasteiger partial charge in [0.15, 0.2) is 5.96 Å². The van der Waals surface area contributed by atoms with E-state index in [0.29, 0.717) is 0 Å². The summed E-state index contributed by atoms with van der Waals surface area (Å²) in [7, 11) is 2.15. The Kier molecular flexibility index (Phi) is 11.1. The molecule has 1 aliphatic rings. The Morgan fingerprint density at radius 1 is 1.32 bits per heavy atom. The van der Waals surface area contributed by atoms with E-state index in [-0.39, 0.29) is 24.0 Å². The fraction of sp³-hybridized carbons (Fsp3) is 0.650. The lowest BCUT2D eigenvalue weighted by atomic mass is 9.96. The van der Waals surface area contributed by atoms with Crippen LogP contribution in [0.4, 0.5) is 0 Å². The summed E-state index contributed by atoms with van der Waals surface area (Å²) >= 11 is 0. The normalized spacial score (nSPS) is 15.6. The van der Waals surface area contributed by atoms with Gasteiger partial charge in [-0.05, 0) is 51.0 Å². The predicted molar refractivity (Wildman–Crippen MR) is 117 cm³/mol. The highest BCUT2D eigenvalue weighted by atomic mass is 127. The predicted octanol–water partition coefficient (Wildman–Crippen LogP) is 3.87. The third-order valence-electron chi connectivity index (χ3n) is 4.65. The van der Waals surface area contributed by atoms with Gasteiger partial charge in [0.05, 0.1) is 0 Å². The summed E-state index contributed by atoms with van der Waals surface area (Å²) in [4.78, 5) is 7.08. The van der Waals surface area contributed by atoms with E-state index < -0.39 is 0 Å².